The van der Waals surface area contributed by atoms with Crippen molar-refractivity contribution < 1.29 is 13.2 Å². The minimum atomic E-state index is -3.51. The Labute approximate surface area is 176 Å². The number of rotatable bonds is 5. The molecular formula is C20H30BrN3O3S. The number of aryl methyl sites for hydroxylation is 1. The van der Waals surface area contributed by atoms with E-state index < -0.39 is 10.0 Å². The minimum Gasteiger partial charge on any atom is -0.352 e. The van der Waals surface area contributed by atoms with Gasteiger partial charge in [0, 0.05) is 36.7 Å². The molecule has 28 heavy (non-hydrogen) atoms. The second-order valence-corrected chi connectivity index (χ2v) is 10.7. The molecular weight excluding hydrogens is 442 g/mol. The third-order valence-electron chi connectivity index (χ3n) is 5.92. The Kier molecular flexibility index (Phi) is 7.17. The molecule has 1 heterocycles. The zero-order valence-corrected chi connectivity index (χ0v) is 19.1. The molecule has 1 N–H and O–H groups in total. The maximum absolute atomic E-state index is 12.9. The summed E-state index contributed by atoms with van der Waals surface area (Å²) in [4.78, 5) is 15.0. The van der Waals surface area contributed by atoms with E-state index in [-0.39, 0.29) is 11.9 Å². The van der Waals surface area contributed by atoms with Gasteiger partial charge in [-0.3, -0.25) is 9.69 Å². The largest absolute Gasteiger partial charge is 0.352 e. The molecule has 3 rings (SSSR count). The Morgan fingerprint density at radius 1 is 1.14 bits per heavy atom. The molecule has 2 aliphatic rings. The highest BCUT2D eigenvalue weighted by Gasteiger charge is 2.32. The van der Waals surface area contributed by atoms with Gasteiger partial charge in [-0.2, -0.15) is 4.31 Å². The van der Waals surface area contributed by atoms with Gasteiger partial charge < -0.3 is 5.32 Å². The van der Waals surface area contributed by atoms with Crippen molar-refractivity contribution in [3.05, 3.63) is 28.2 Å². The molecule has 1 aliphatic heterocycles. The van der Waals surface area contributed by atoms with Crippen molar-refractivity contribution in [3.8, 4) is 0 Å². The first kappa shape index (κ1) is 21.7. The van der Waals surface area contributed by atoms with Gasteiger partial charge in [0.05, 0.1) is 10.9 Å². The average Bonchev–Trinajstić information content (AvgIpc) is 2.70. The lowest BCUT2D eigenvalue weighted by Crippen LogP contribution is -2.55. The molecule has 1 aliphatic carbocycles. The fourth-order valence-electron chi connectivity index (χ4n) is 3.99. The van der Waals surface area contributed by atoms with Gasteiger partial charge in [0.1, 0.15) is 0 Å². The fourth-order valence-corrected chi connectivity index (χ4v) is 5.75. The number of amides is 1. The molecule has 0 spiro atoms. The van der Waals surface area contributed by atoms with Crippen LogP contribution in [0.25, 0.3) is 0 Å². The topological polar surface area (TPSA) is 69.7 Å². The Morgan fingerprint density at radius 3 is 2.39 bits per heavy atom. The summed E-state index contributed by atoms with van der Waals surface area (Å²) in [7, 11) is -3.51. The standard InChI is InChI=1S/C20H30BrN3O3S/c1-15-14-18(8-9-19(15)21)28(26,27)24-12-10-23(11-13-24)16(2)20(25)22-17-6-4-3-5-7-17/h8-9,14,16-17H,3-7,10-13H2,1-2H3,(H,22,25). The summed E-state index contributed by atoms with van der Waals surface area (Å²) in [6.07, 6.45) is 5.77. The van der Waals surface area contributed by atoms with Crippen LogP contribution in [-0.4, -0.2) is 61.8 Å². The molecule has 156 valence electrons. The molecule has 0 bridgehead atoms. The molecule has 1 amide bonds. The highest BCUT2D eigenvalue weighted by Crippen LogP contribution is 2.24. The van der Waals surface area contributed by atoms with E-state index in [4.69, 9.17) is 0 Å². The van der Waals surface area contributed by atoms with Gasteiger partial charge in [0.25, 0.3) is 0 Å². The van der Waals surface area contributed by atoms with Crippen molar-refractivity contribution in [1.29, 1.82) is 0 Å². The molecule has 1 saturated heterocycles. The van der Waals surface area contributed by atoms with Crippen molar-refractivity contribution in [1.82, 2.24) is 14.5 Å². The summed E-state index contributed by atoms with van der Waals surface area (Å²) in [5, 5.41) is 3.18. The number of carbonyl (C=O) groups excluding carboxylic acids is 1. The third kappa shape index (κ3) is 4.96. The number of hydrogen-bond acceptors (Lipinski definition) is 4. The van der Waals surface area contributed by atoms with Gasteiger partial charge >= 0.3 is 0 Å². The summed E-state index contributed by atoms with van der Waals surface area (Å²) in [5.74, 6) is 0.0618. The van der Waals surface area contributed by atoms with Crippen LogP contribution in [-0.2, 0) is 14.8 Å². The van der Waals surface area contributed by atoms with Crippen molar-refractivity contribution >= 4 is 31.9 Å². The van der Waals surface area contributed by atoms with Gasteiger partial charge in [-0.25, -0.2) is 8.42 Å². The molecule has 8 heteroatoms. The lowest BCUT2D eigenvalue weighted by molar-refractivity contribution is -0.127. The summed E-state index contributed by atoms with van der Waals surface area (Å²) in [5.41, 5.74) is 0.896. The summed E-state index contributed by atoms with van der Waals surface area (Å²) in [6.45, 7) is 5.73. The second-order valence-electron chi connectivity index (χ2n) is 7.87. The van der Waals surface area contributed by atoms with Gasteiger partial charge in [-0.1, -0.05) is 35.2 Å². The zero-order valence-electron chi connectivity index (χ0n) is 16.7. The van der Waals surface area contributed by atoms with Crippen LogP contribution in [0.5, 0.6) is 0 Å². The average molecular weight is 472 g/mol. The number of piperazine rings is 1. The predicted octanol–water partition coefficient (Wildman–Crippen LogP) is 2.90. The minimum absolute atomic E-state index is 0.0618. The van der Waals surface area contributed by atoms with Gasteiger partial charge in [-0.15, -0.1) is 0 Å². The number of hydrogen-bond donors (Lipinski definition) is 1. The van der Waals surface area contributed by atoms with Gasteiger partial charge in [0.2, 0.25) is 15.9 Å². The van der Waals surface area contributed by atoms with E-state index in [1.165, 1.54) is 23.6 Å². The molecule has 2 fully saturated rings. The molecule has 1 aromatic carbocycles. The zero-order chi connectivity index (χ0) is 20.3. The summed E-state index contributed by atoms with van der Waals surface area (Å²) >= 11 is 3.41. The van der Waals surface area contributed by atoms with E-state index >= 15 is 0 Å². The van der Waals surface area contributed by atoms with Crippen LogP contribution in [0.4, 0.5) is 0 Å². The Hall–Kier alpha value is -0.960. The SMILES string of the molecule is Cc1cc(S(=O)(=O)N2CCN(C(C)C(=O)NC3CCCCC3)CC2)ccc1Br. The molecule has 1 atom stereocenters. The van der Waals surface area contributed by atoms with E-state index in [2.05, 4.69) is 26.1 Å². The second kappa shape index (κ2) is 9.24. The molecule has 0 aromatic heterocycles. The van der Waals surface area contributed by atoms with Crippen LogP contribution in [0.2, 0.25) is 0 Å². The maximum Gasteiger partial charge on any atom is 0.243 e. The van der Waals surface area contributed by atoms with Crippen molar-refractivity contribution in [2.45, 2.75) is 62.9 Å². The summed E-state index contributed by atoms with van der Waals surface area (Å²) in [6, 6.07) is 5.18. The number of benzene rings is 1. The van der Waals surface area contributed by atoms with E-state index in [1.54, 1.807) is 18.2 Å². The molecule has 0 radical (unpaired) electrons. The quantitative estimate of drug-likeness (QED) is 0.716. The predicted molar refractivity (Wildman–Crippen MR) is 114 cm³/mol. The monoisotopic (exact) mass is 471 g/mol. The normalized spacial score (nSPS) is 21.4. The van der Waals surface area contributed by atoms with E-state index in [0.717, 1.165) is 22.9 Å². The van der Waals surface area contributed by atoms with Crippen LogP contribution in [0, 0.1) is 6.92 Å². The lowest BCUT2D eigenvalue weighted by Gasteiger charge is -2.37. The van der Waals surface area contributed by atoms with Crippen molar-refractivity contribution in [2.24, 2.45) is 0 Å². The fraction of sp³-hybridized carbons (Fsp3) is 0.650. The first-order chi connectivity index (χ1) is 13.3. The first-order valence-electron chi connectivity index (χ1n) is 10.1. The number of nitrogens with one attached hydrogen (secondary N) is 1. The lowest BCUT2D eigenvalue weighted by atomic mass is 9.95. The Balaban J connectivity index is 1.57. The molecule has 6 nitrogen and oxygen atoms in total. The van der Waals surface area contributed by atoms with Crippen LogP contribution in [0.1, 0.15) is 44.6 Å². The molecule has 1 aromatic rings. The number of nitrogens with zero attached hydrogens (tertiary/aromatic N) is 2. The van der Waals surface area contributed by atoms with Crippen molar-refractivity contribution in [3.63, 3.8) is 0 Å². The van der Waals surface area contributed by atoms with E-state index in [1.807, 2.05) is 13.8 Å². The molecule has 1 unspecified atom stereocenters. The van der Waals surface area contributed by atoms with E-state index in [9.17, 15) is 13.2 Å². The first-order valence-corrected chi connectivity index (χ1v) is 12.3. The number of halogens is 1. The Morgan fingerprint density at radius 2 is 1.79 bits per heavy atom. The van der Waals surface area contributed by atoms with Crippen molar-refractivity contribution in [2.75, 3.05) is 26.2 Å². The van der Waals surface area contributed by atoms with Gasteiger partial charge in [-0.05, 0) is 50.5 Å². The highest BCUT2D eigenvalue weighted by atomic mass is 79.9. The van der Waals surface area contributed by atoms with Crippen LogP contribution < -0.4 is 5.32 Å². The third-order valence-corrected chi connectivity index (χ3v) is 8.70. The van der Waals surface area contributed by atoms with E-state index in [0.29, 0.717) is 37.1 Å². The molecule has 1 saturated carbocycles. The van der Waals surface area contributed by atoms with Gasteiger partial charge in [0.15, 0.2) is 0 Å². The summed E-state index contributed by atoms with van der Waals surface area (Å²) < 4.78 is 28.3. The maximum atomic E-state index is 12.9. The smallest absolute Gasteiger partial charge is 0.243 e. The highest BCUT2D eigenvalue weighted by molar-refractivity contribution is 9.10. The number of sulfonamides is 1. The Bertz CT molecular complexity index is 801. The van der Waals surface area contributed by atoms with Crippen LogP contribution in [0.15, 0.2) is 27.6 Å². The van der Waals surface area contributed by atoms with Crippen LogP contribution in [0.3, 0.4) is 0 Å². The number of carbonyl (C=O) groups is 1. The van der Waals surface area contributed by atoms with Crippen LogP contribution >= 0.6 is 15.9 Å².